The van der Waals surface area contributed by atoms with Crippen LogP contribution in [0.1, 0.15) is 37.4 Å². The monoisotopic (exact) mass is 309 g/mol. The van der Waals surface area contributed by atoms with Gasteiger partial charge in [-0.2, -0.15) is 0 Å². The molecule has 2 rings (SSSR count). The van der Waals surface area contributed by atoms with E-state index >= 15 is 0 Å². The van der Waals surface area contributed by atoms with Crippen LogP contribution in [0.15, 0.2) is 28.1 Å². The molecule has 0 N–H and O–H groups in total. The van der Waals surface area contributed by atoms with Crippen molar-refractivity contribution in [2.45, 2.75) is 33.1 Å². The van der Waals surface area contributed by atoms with E-state index in [1.165, 1.54) is 16.8 Å². The first kappa shape index (κ1) is 12.8. The van der Waals surface area contributed by atoms with Gasteiger partial charge in [0.2, 0.25) is 0 Å². The number of benzene rings is 1. The molecular formula is C14H16BrNS. The first-order chi connectivity index (χ1) is 8.11. The first-order valence-corrected chi connectivity index (χ1v) is 7.51. The molecule has 17 heavy (non-hydrogen) atoms. The Kier molecular flexibility index (Phi) is 4.00. The minimum atomic E-state index is 0.552. The van der Waals surface area contributed by atoms with Crippen LogP contribution in [0.3, 0.4) is 0 Å². The van der Waals surface area contributed by atoms with Gasteiger partial charge in [-0.1, -0.05) is 35.8 Å². The van der Waals surface area contributed by atoms with E-state index in [9.17, 15) is 0 Å². The van der Waals surface area contributed by atoms with E-state index in [4.69, 9.17) is 4.98 Å². The predicted molar refractivity (Wildman–Crippen MR) is 78.7 cm³/mol. The molecule has 2 aromatic rings. The maximum atomic E-state index is 4.74. The summed E-state index contributed by atoms with van der Waals surface area (Å²) >= 11 is 5.23. The molecular weight excluding hydrogens is 294 g/mol. The van der Waals surface area contributed by atoms with Crippen LogP contribution in [0.5, 0.6) is 0 Å². The standard InChI is InChI=1S/C14H16BrNS/c1-4-9(2)13-8-17-14(16-13)12-6-5-11(15)7-10(12)3/h5-9H,4H2,1-3H3. The molecule has 0 saturated heterocycles. The summed E-state index contributed by atoms with van der Waals surface area (Å²) in [7, 11) is 0. The lowest BCUT2D eigenvalue weighted by Crippen LogP contribution is -1.91. The number of nitrogens with zero attached hydrogens (tertiary/aromatic N) is 1. The van der Waals surface area contributed by atoms with E-state index in [0.29, 0.717) is 5.92 Å². The number of aryl methyl sites for hydroxylation is 1. The molecule has 0 fully saturated rings. The van der Waals surface area contributed by atoms with Gasteiger partial charge >= 0.3 is 0 Å². The lowest BCUT2D eigenvalue weighted by atomic mass is 10.1. The molecule has 1 atom stereocenters. The van der Waals surface area contributed by atoms with E-state index < -0.39 is 0 Å². The lowest BCUT2D eigenvalue weighted by Gasteiger charge is -2.04. The minimum absolute atomic E-state index is 0.552. The van der Waals surface area contributed by atoms with Crippen LogP contribution in [0, 0.1) is 6.92 Å². The van der Waals surface area contributed by atoms with E-state index in [1.54, 1.807) is 11.3 Å². The van der Waals surface area contributed by atoms with Crippen LogP contribution in [0.4, 0.5) is 0 Å². The fourth-order valence-electron chi connectivity index (χ4n) is 1.71. The van der Waals surface area contributed by atoms with Gasteiger partial charge in [0.25, 0.3) is 0 Å². The zero-order valence-electron chi connectivity index (χ0n) is 10.3. The fourth-order valence-corrected chi connectivity index (χ4v) is 3.22. The molecule has 1 nitrogen and oxygen atoms in total. The zero-order valence-corrected chi connectivity index (χ0v) is 12.7. The molecule has 3 heteroatoms. The molecule has 0 amide bonds. The van der Waals surface area contributed by atoms with E-state index in [2.05, 4.69) is 60.3 Å². The molecule has 1 heterocycles. The van der Waals surface area contributed by atoms with Crippen LogP contribution in [0.25, 0.3) is 10.6 Å². The second-order valence-corrected chi connectivity index (χ2v) is 6.12. The number of halogens is 1. The summed E-state index contributed by atoms with van der Waals surface area (Å²) in [4.78, 5) is 4.74. The predicted octanol–water partition coefficient (Wildman–Crippen LogP) is 5.39. The third-order valence-electron chi connectivity index (χ3n) is 3.06. The normalized spacial score (nSPS) is 12.7. The summed E-state index contributed by atoms with van der Waals surface area (Å²) in [6, 6.07) is 6.35. The molecule has 0 spiro atoms. The average molecular weight is 310 g/mol. The third kappa shape index (κ3) is 2.78. The van der Waals surface area contributed by atoms with Crippen LogP contribution < -0.4 is 0 Å². The summed E-state index contributed by atoms with van der Waals surface area (Å²) in [6.45, 7) is 6.56. The highest BCUT2D eigenvalue weighted by Crippen LogP contribution is 2.31. The van der Waals surface area contributed by atoms with Gasteiger partial charge < -0.3 is 0 Å². The van der Waals surface area contributed by atoms with Crippen molar-refractivity contribution >= 4 is 27.3 Å². The van der Waals surface area contributed by atoms with E-state index in [1.807, 2.05) is 0 Å². The maximum absolute atomic E-state index is 4.74. The van der Waals surface area contributed by atoms with E-state index in [-0.39, 0.29) is 0 Å². The number of hydrogen-bond acceptors (Lipinski definition) is 2. The van der Waals surface area contributed by atoms with Crippen molar-refractivity contribution in [3.63, 3.8) is 0 Å². The SMILES string of the molecule is CCC(C)c1csc(-c2ccc(Br)cc2C)n1. The quantitative estimate of drug-likeness (QED) is 0.740. The minimum Gasteiger partial charge on any atom is -0.241 e. The molecule has 1 unspecified atom stereocenters. The van der Waals surface area contributed by atoms with Crippen molar-refractivity contribution in [2.75, 3.05) is 0 Å². The fraction of sp³-hybridized carbons (Fsp3) is 0.357. The molecule has 0 radical (unpaired) electrons. The van der Waals surface area contributed by atoms with Gasteiger partial charge in [0.05, 0.1) is 5.69 Å². The van der Waals surface area contributed by atoms with Crippen LogP contribution >= 0.6 is 27.3 Å². The smallest absolute Gasteiger partial charge is 0.123 e. The molecule has 0 aliphatic rings. The van der Waals surface area contributed by atoms with Crippen molar-refractivity contribution in [1.82, 2.24) is 4.98 Å². The van der Waals surface area contributed by atoms with Crippen molar-refractivity contribution in [1.29, 1.82) is 0 Å². The van der Waals surface area contributed by atoms with Gasteiger partial charge in [0.15, 0.2) is 0 Å². The van der Waals surface area contributed by atoms with Crippen molar-refractivity contribution in [3.05, 3.63) is 39.3 Å². The Morgan fingerprint density at radius 2 is 2.18 bits per heavy atom. The summed E-state index contributed by atoms with van der Waals surface area (Å²) in [5, 5.41) is 3.32. The highest BCUT2D eigenvalue weighted by atomic mass is 79.9. The van der Waals surface area contributed by atoms with Gasteiger partial charge in [-0.15, -0.1) is 11.3 Å². The number of thiazole rings is 1. The maximum Gasteiger partial charge on any atom is 0.123 e. The second-order valence-electron chi connectivity index (χ2n) is 4.35. The average Bonchev–Trinajstić information content (AvgIpc) is 2.77. The molecule has 1 aromatic carbocycles. The molecule has 90 valence electrons. The molecule has 0 aliphatic carbocycles. The molecule has 0 saturated carbocycles. The summed E-state index contributed by atoms with van der Waals surface area (Å²) in [6.07, 6.45) is 1.14. The van der Waals surface area contributed by atoms with Crippen molar-refractivity contribution in [2.24, 2.45) is 0 Å². The Morgan fingerprint density at radius 1 is 1.41 bits per heavy atom. The zero-order chi connectivity index (χ0) is 12.4. The van der Waals surface area contributed by atoms with Crippen LogP contribution in [0.2, 0.25) is 0 Å². The highest BCUT2D eigenvalue weighted by molar-refractivity contribution is 9.10. The number of rotatable bonds is 3. The van der Waals surface area contributed by atoms with Gasteiger partial charge in [-0.3, -0.25) is 0 Å². The Balaban J connectivity index is 2.37. The Labute approximate surface area is 115 Å². The molecule has 0 aliphatic heterocycles. The van der Waals surface area contributed by atoms with Gasteiger partial charge in [-0.05, 0) is 37.0 Å². The number of hydrogen-bond donors (Lipinski definition) is 0. The lowest BCUT2D eigenvalue weighted by molar-refractivity contribution is 0.714. The Morgan fingerprint density at radius 3 is 2.82 bits per heavy atom. The molecule has 0 bridgehead atoms. The Bertz CT molecular complexity index is 519. The second kappa shape index (κ2) is 5.32. The van der Waals surface area contributed by atoms with Gasteiger partial charge in [0, 0.05) is 15.4 Å². The third-order valence-corrected chi connectivity index (χ3v) is 4.45. The van der Waals surface area contributed by atoms with E-state index in [0.717, 1.165) is 15.9 Å². The Hall–Kier alpha value is -0.670. The topological polar surface area (TPSA) is 12.9 Å². The van der Waals surface area contributed by atoms with Crippen molar-refractivity contribution in [3.8, 4) is 10.6 Å². The summed E-state index contributed by atoms with van der Waals surface area (Å²) in [5.74, 6) is 0.552. The largest absolute Gasteiger partial charge is 0.241 e. The first-order valence-electron chi connectivity index (χ1n) is 5.83. The van der Waals surface area contributed by atoms with Crippen LogP contribution in [-0.2, 0) is 0 Å². The number of aromatic nitrogens is 1. The van der Waals surface area contributed by atoms with Gasteiger partial charge in [0.1, 0.15) is 5.01 Å². The summed E-state index contributed by atoms with van der Waals surface area (Å²) < 4.78 is 1.12. The van der Waals surface area contributed by atoms with Crippen molar-refractivity contribution < 1.29 is 0 Å². The summed E-state index contributed by atoms with van der Waals surface area (Å²) in [5.41, 5.74) is 3.73. The van der Waals surface area contributed by atoms with Gasteiger partial charge in [-0.25, -0.2) is 4.98 Å². The highest BCUT2D eigenvalue weighted by Gasteiger charge is 2.11. The molecule has 1 aromatic heterocycles. The van der Waals surface area contributed by atoms with Crippen LogP contribution in [-0.4, -0.2) is 4.98 Å².